The molecule has 1 amide bonds. The van der Waals surface area contributed by atoms with Crippen molar-refractivity contribution < 1.29 is 9.32 Å². The number of amides is 1. The Morgan fingerprint density at radius 2 is 2.33 bits per heavy atom. The molecule has 3 atom stereocenters. The first-order valence-corrected chi connectivity index (χ1v) is 8.90. The number of aromatic nitrogens is 3. The molecule has 2 heterocycles. The molecule has 2 saturated carbocycles. The molecule has 2 fully saturated rings. The van der Waals surface area contributed by atoms with Crippen molar-refractivity contribution in [1.82, 2.24) is 20.3 Å². The fraction of sp³-hybridized carbons (Fsp3) is 0.611. The van der Waals surface area contributed by atoms with Crippen molar-refractivity contribution in [3.63, 3.8) is 0 Å². The second-order valence-electron chi connectivity index (χ2n) is 7.37. The Morgan fingerprint density at radius 1 is 1.42 bits per heavy atom. The SMILES string of the molecule is Cc1cnn(Cc2cc(C(=O)NCC[C@H]3C[C@H]4CC[C@H]3C4)no2)c1. The largest absolute Gasteiger partial charge is 0.359 e. The number of rotatable bonds is 6. The summed E-state index contributed by atoms with van der Waals surface area (Å²) in [6.45, 7) is 3.20. The Hall–Kier alpha value is -2.11. The van der Waals surface area contributed by atoms with E-state index < -0.39 is 0 Å². The number of hydrogen-bond acceptors (Lipinski definition) is 4. The molecule has 24 heavy (non-hydrogen) atoms. The van der Waals surface area contributed by atoms with Gasteiger partial charge in [-0.05, 0) is 55.9 Å². The Labute approximate surface area is 141 Å². The topological polar surface area (TPSA) is 73.0 Å². The van der Waals surface area contributed by atoms with Crippen LogP contribution in [-0.4, -0.2) is 27.4 Å². The fourth-order valence-electron chi connectivity index (χ4n) is 4.40. The third-order valence-electron chi connectivity index (χ3n) is 5.56. The lowest BCUT2D eigenvalue weighted by Gasteiger charge is -2.21. The van der Waals surface area contributed by atoms with Gasteiger partial charge >= 0.3 is 0 Å². The molecule has 0 radical (unpaired) electrons. The van der Waals surface area contributed by atoms with Gasteiger partial charge in [-0.1, -0.05) is 11.6 Å². The molecule has 2 aliphatic carbocycles. The standard InChI is InChI=1S/C18H24N4O2/c1-12-9-20-22(10-12)11-16-8-17(21-24-16)18(23)19-5-4-15-7-13-2-3-14(15)6-13/h8-10,13-15H,2-7,11H2,1H3,(H,19,23)/t13-,14-,15-/m0/s1. The molecule has 2 aromatic heterocycles. The van der Waals surface area contributed by atoms with E-state index in [1.54, 1.807) is 16.9 Å². The molecule has 2 bridgehead atoms. The quantitative estimate of drug-likeness (QED) is 0.885. The monoisotopic (exact) mass is 328 g/mol. The number of carbonyl (C=O) groups excluding carboxylic acids is 1. The van der Waals surface area contributed by atoms with Crippen molar-refractivity contribution in [2.24, 2.45) is 17.8 Å². The summed E-state index contributed by atoms with van der Waals surface area (Å²) in [6, 6.07) is 1.70. The molecule has 2 aromatic rings. The van der Waals surface area contributed by atoms with E-state index >= 15 is 0 Å². The van der Waals surface area contributed by atoms with Gasteiger partial charge in [0.2, 0.25) is 0 Å². The second-order valence-corrected chi connectivity index (χ2v) is 7.37. The van der Waals surface area contributed by atoms with Gasteiger partial charge in [0, 0.05) is 18.8 Å². The predicted molar refractivity (Wildman–Crippen MR) is 88.5 cm³/mol. The number of fused-ring (bicyclic) bond motifs is 2. The van der Waals surface area contributed by atoms with E-state index in [4.69, 9.17) is 4.52 Å². The van der Waals surface area contributed by atoms with Crippen molar-refractivity contribution in [2.75, 3.05) is 6.54 Å². The summed E-state index contributed by atoms with van der Waals surface area (Å²) in [7, 11) is 0. The van der Waals surface area contributed by atoms with Crippen LogP contribution in [0.4, 0.5) is 0 Å². The average Bonchev–Trinajstić information content (AvgIpc) is 3.32. The van der Waals surface area contributed by atoms with Gasteiger partial charge in [-0.3, -0.25) is 9.48 Å². The zero-order chi connectivity index (χ0) is 16.5. The molecule has 6 heteroatoms. The molecule has 1 N–H and O–H groups in total. The number of nitrogens with zero attached hydrogens (tertiary/aromatic N) is 3. The zero-order valence-corrected chi connectivity index (χ0v) is 14.1. The first-order valence-electron chi connectivity index (χ1n) is 8.90. The normalized spacial score (nSPS) is 25.3. The van der Waals surface area contributed by atoms with Crippen molar-refractivity contribution in [3.8, 4) is 0 Å². The van der Waals surface area contributed by atoms with Gasteiger partial charge in [-0.15, -0.1) is 0 Å². The van der Waals surface area contributed by atoms with Crippen LogP contribution in [0.5, 0.6) is 0 Å². The van der Waals surface area contributed by atoms with Crippen molar-refractivity contribution in [2.45, 2.75) is 45.6 Å². The van der Waals surface area contributed by atoms with E-state index in [2.05, 4.69) is 15.6 Å². The van der Waals surface area contributed by atoms with Gasteiger partial charge in [-0.2, -0.15) is 5.10 Å². The highest BCUT2D eigenvalue weighted by molar-refractivity contribution is 5.92. The maximum absolute atomic E-state index is 12.2. The Kier molecular flexibility index (Phi) is 4.12. The van der Waals surface area contributed by atoms with Gasteiger partial charge in [0.1, 0.15) is 6.54 Å². The smallest absolute Gasteiger partial charge is 0.273 e. The van der Waals surface area contributed by atoms with Crippen LogP contribution >= 0.6 is 0 Å². The highest BCUT2D eigenvalue weighted by atomic mass is 16.5. The van der Waals surface area contributed by atoms with Crippen LogP contribution in [0, 0.1) is 24.7 Å². The molecule has 0 unspecified atom stereocenters. The lowest BCUT2D eigenvalue weighted by atomic mass is 9.86. The van der Waals surface area contributed by atoms with Gasteiger partial charge < -0.3 is 9.84 Å². The first kappa shape index (κ1) is 15.4. The van der Waals surface area contributed by atoms with E-state index in [0.29, 0.717) is 18.0 Å². The third kappa shape index (κ3) is 3.23. The average molecular weight is 328 g/mol. The van der Waals surface area contributed by atoms with Crippen molar-refractivity contribution in [3.05, 3.63) is 35.5 Å². The van der Waals surface area contributed by atoms with Crippen LogP contribution < -0.4 is 5.32 Å². The summed E-state index contributed by atoms with van der Waals surface area (Å²) in [4.78, 5) is 12.2. The summed E-state index contributed by atoms with van der Waals surface area (Å²) in [6.07, 6.45) is 10.4. The molecule has 6 nitrogen and oxygen atoms in total. The van der Waals surface area contributed by atoms with E-state index in [1.807, 2.05) is 13.1 Å². The minimum atomic E-state index is -0.148. The summed E-state index contributed by atoms with van der Waals surface area (Å²) >= 11 is 0. The molecule has 0 aromatic carbocycles. The van der Waals surface area contributed by atoms with E-state index in [1.165, 1.54) is 25.7 Å². The Balaban J connectivity index is 1.26. The Morgan fingerprint density at radius 3 is 3.04 bits per heavy atom. The minimum absolute atomic E-state index is 0.148. The maximum atomic E-state index is 12.2. The summed E-state index contributed by atoms with van der Waals surface area (Å²) in [5.41, 5.74) is 1.44. The van der Waals surface area contributed by atoms with E-state index in [9.17, 15) is 4.79 Å². The number of hydrogen-bond donors (Lipinski definition) is 1. The fourth-order valence-corrected chi connectivity index (χ4v) is 4.40. The van der Waals surface area contributed by atoms with Crippen LogP contribution in [0.2, 0.25) is 0 Å². The summed E-state index contributed by atoms with van der Waals surface area (Å²) in [5.74, 6) is 3.16. The minimum Gasteiger partial charge on any atom is -0.359 e. The Bertz CT molecular complexity index is 720. The van der Waals surface area contributed by atoms with Crippen LogP contribution in [0.3, 0.4) is 0 Å². The van der Waals surface area contributed by atoms with Gasteiger partial charge in [0.25, 0.3) is 5.91 Å². The van der Waals surface area contributed by atoms with Gasteiger partial charge in [-0.25, -0.2) is 0 Å². The lowest BCUT2D eigenvalue weighted by molar-refractivity contribution is 0.0940. The molecule has 0 aliphatic heterocycles. The molecular weight excluding hydrogens is 304 g/mol. The highest BCUT2D eigenvalue weighted by Gasteiger charge is 2.38. The van der Waals surface area contributed by atoms with Crippen LogP contribution in [0.15, 0.2) is 23.0 Å². The molecule has 4 rings (SSSR count). The van der Waals surface area contributed by atoms with Crippen molar-refractivity contribution in [1.29, 1.82) is 0 Å². The van der Waals surface area contributed by atoms with E-state index in [-0.39, 0.29) is 5.91 Å². The molecular formula is C18H24N4O2. The van der Waals surface area contributed by atoms with Crippen molar-refractivity contribution >= 4 is 5.91 Å². The summed E-state index contributed by atoms with van der Waals surface area (Å²) in [5, 5.41) is 11.1. The van der Waals surface area contributed by atoms with Gasteiger partial charge in [0.15, 0.2) is 11.5 Å². The van der Waals surface area contributed by atoms with Crippen LogP contribution in [0.1, 0.15) is 53.9 Å². The zero-order valence-electron chi connectivity index (χ0n) is 14.1. The predicted octanol–water partition coefficient (Wildman–Crippen LogP) is 2.78. The molecule has 0 saturated heterocycles. The highest BCUT2D eigenvalue weighted by Crippen LogP contribution is 2.49. The van der Waals surface area contributed by atoms with Crippen LogP contribution in [-0.2, 0) is 6.54 Å². The number of aryl methyl sites for hydroxylation is 1. The number of carbonyl (C=O) groups is 1. The lowest BCUT2D eigenvalue weighted by Crippen LogP contribution is -2.27. The van der Waals surface area contributed by atoms with E-state index in [0.717, 1.165) is 36.3 Å². The van der Waals surface area contributed by atoms with Gasteiger partial charge in [0.05, 0.1) is 6.20 Å². The molecule has 0 spiro atoms. The summed E-state index contributed by atoms with van der Waals surface area (Å²) < 4.78 is 7.02. The third-order valence-corrected chi connectivity index (χ3v) is 5.56. The molecule has 128 valence electrons. The number of nitrogens with one attached hydrogen (secondary N) is 1. The van der Waals surface area contributed by atoms with Crippen LogP contribution in [0.25, 0.3) is 0 Å². The maximum Gasteiger partial charge on any atom is 0.273 e. The molecule has 2 aliphatic rings. The second kappa shape index (κ2) is 6.42. The first-order chi connectivity index (χ1) is 11.7.